The van der Waals surface area contributed by atoms with Gasteiger partial charge in [0.25, 0.3) is 0 Å². The number of fused-ring (bicyclic) bond motifs is 9. The first-order chi connectivity index (χ1) is 22.3. The van der Waals surface area contributed by atoms with Crippen molar-refractivity contribution in [3.8, 4) is 28.5 Å². The van der Waals surface area contributed by atoms with Crippen LogP contribution in [0.5, 0.6) is 0 Å². The number of para-hydroxylation sites is 3. The summed E-state index contributed by atoms with van der Waals surface area (Å²) in [5, 5.41) is 5.12. The van der Waals surface area contributed by atoms with Gasteiger partial charge < -0.3 is 4.57 Å². The molecule has 0 spiro atoms. The first-order valence-corrected chi connectivity index (χ1v) is 15.8. The molecule has 6 heteroatoms. The van der Waals surface area contributed by atoms with Gasteiger partial charge in [0.2, 0.25) is 5.95 Å². The van der Waals surface area contributed by atoms with Crippen molar-refractivity contribution in [1.82, 2.24) is 19.5 Å². The van der Waals surface area contributed by atoms with Gasteiger partial charge in [-0.25, -0.2) is 4.98 Å². The second kappa shape index (κ2) is 9.32. The molecule has 0 saturated carbocycles. The fourth-order valence-corrected chi connectivity index (χ4v) is 7.98. The van der Waals surface area contributed by atoms with Gasteiger partial charge in [0.1, 0.15) is 0 Å². The zero-order chi connectivity index (χ0) is 29.5. The van der Waals surface area contributed by atoms with E-state index in [1.165, 1.54) is 36.5 Å². The van der Waals surface area contributed by atoms with Gasteiger partial charge in [-0.2, -0.15) is 9.97 Å². The molecule has 10 rings (SSSR count). The molecule has 1 aliphatic heterocycles. The minimum atomic E-state index is 0.588. The van der Waals surface area contributed by atoms with Crippen molar-refractivity contribution in [1.29, 1.82) is 0 Å². The first-order valence-electron chi connectivity index (χ1n) is 15.0. The van der Waals surface area contributed by atoms with E-state index >= 15 is 0 Å². The molecular formula is C39H23N5S. The van der Waals surface area contributed by atoms with Crippen LogP contribution in [0.1, 0.15) is 0 Å². The zero-order valence-electron chi connectivity index (χ0n) is 23.9. The molecule has 0 atom stereocenters. The minimum Gasteiger partial charge on any atom is -0.305 e. The van der Waals surface area contributed by atoms with Gasteiger partial charge in [-0.15, -0.1) is 11.3 Å². The lowest BCUT2D eigenvalue weighted by atomic mass is 10.0. The molecule has 5 nitrogen and oxygen atoms in total. The lowest BCUT2D eigenvalue weighted by molar-refractivity contribution is 1.00. The van der Waals surface area contributed by atoms with Gasteiger partial charge in [-0.05, 0) is 36.4 Å². The lowest BCUT2D eigenvalue weighted by Crippen LogP contribution is -2.21. The number of nitrogens with zero attached hydrogens (tertiary/aromatic N) is 5. The minimum absolute atomic E-state index is 0.588. The van der Waals surface area contributed by atoms with Gasteiger partial charge in [-0.1, -0.05) is 103 Å². The lowest BCUT2D eigenvalue weighted by Gasteiger charge is -2.31. The summed E-state index contributed by atoms with van der Waals surface area (Å²) in [6, 6.07) is 48.8. The molecular weight excluding hydrogens is 571 g/mol. The van der Waals surface area contributed by atoms with Crippen molar-refractivity contribution in [2.75, 3.05) is 4.90 Å². The number of hydrogen-bond donors (Lipinski definition) is 0. The molecule has 6 aromatic carbocycles. The zero-order valence-corrected chi connectivity index (χ0v) is 24.7. The highest BCUT2D eigenvalue weighted by atomic mass is 32.1. The van der Waals surface area contributed by atoms with Crippen molar-refractivity contribution < 1.29 is 0 Å². The molecule has 0 N–H and O–H groups in total. The quantitative estimate of drug-likeness (QED) is 0.204. The van der Waals surface area contributed by atoms with E-state index in [9.17, 15) is 0 Å². The van der Waals surface area contributed by atoms with Crippen LogP contribution in [0.25, 0.3) is 70.4 Å². The van der Waals surface area contributed by atoms with Crippen molar-refractivity contribution in [3.63, 3.8) is 0 Å². The molecule has 0 amide bonds. The van der Waals surface area contributed by atoms with E-state index in [2.05, 4.69) is 88.3 Å². The van der Waals surface area contributed by atoms with Crippen LogP contribution >= 0.6 is 11.3 Å². The Morgan fingerprint density at radius 1 is 0.444 bits per heavy atom. The van der Waals surface area contributed by atoms with E-state index in [1.54, 1.807) is 0 Å². The topological polar surface area (TPSA) is 46.8 Å². The molecule has 0 unspecified atom stereocenters. The summed E-state index contributed by atoms with van der Waals surface area (Å²) in [6.45, 7) is 0. The Balaban J connectivity index is 1.32. The second-order valence-corrected chi connectivity index (χ2v) is 12.4. The third-order valence-corrected chi connectivity index (χ3v) is 9.90. The number of thiophene rings is 1. The fourth-order valence-electron chi connectivity index (χ4n) is 6.87. The number of benzene rings is 6. The molecule has 0 bridgehead atoms. The van der Waals surface area contributed by atoms with Crippen LogP contribution in [-0.2, 0) is 0 Å². The van der Waals surface area contributed by atoms with Crippen LogP contribution in [0, 0.1) is 0 Å². The summed E-state index contributed by atoms with van der Waals surface area (Å²) in [4.78, 5) is 17.5. The molecule has 1 aliphatic rings. The average molecular weight is 594 g/mol. The van der Waals surface area contributed by atoms with Crippen LogP contribution < -0.4 is 4.90 Å². The maximum Gasteiger partial charge on any atom is 0.238 e. The molecule has 0 aliphatic carbocycles. The van der Waals surface area contributed by atoms with Gasteiger partial charge in [0, 0.05) is 42.1 Å². The SMILES string of the molecule is c1ccc(-c2nc(-c3ccccc3)nc(N3c4ccccc4-n4c5ccc6sc7ccccc7c6c5c5cccc3c54)n2)cc1. The van der Waals surface area contributed by atoms with Crippen molar-refractivity contribution >= 4 is 70.6 Å². The maximum absolute atomic E-state index is 5.14. The van der Waals surface area contributed by atoms with E-state index in [1.807, 2.05) is 72.0 Å². The van der Waals surface area contributed by atoms with Crippen LogP contribution in [0.2, 0.25) is 0 Å². The largest absolute Gasteiger partial charge is 0.305 e. The van der Waals surface area contributed by atoms with Crippen molar-refractivity contribution in [2.24, 2.45) is 0 Å². The number of aromatic nitrogens is 4. The number of anilines is 3. The number of hydrogen-bond acceptors (Lipinski definition) is 5. The Hall–Kier alpha value is -5.85. The molecule has 4 heterocycles. The molecule has 0 saturated heterocycles. The van der Waals surface area contributed by atoms with Crippen LogP contribution in [0.4, 0.5) is 17.3 Å². The first kappa shape index (κ1) is 24.6. The Bertz CT molecular complexity index is 2550. The molecule has 210 valence electrons. The van der Waals surface area contributed by atoms with E-state index in [-0.39, 0.29) is 0 Å². The molecule has 45 heavy (non-hydrogen) atoms. The average Bonchev–Trinajstić information content (AvgIpc) is 3.66. The van der Waals surface area contributed by atoms with Crippen LogP contribution in [0.3, 0.4) is 0 Å². The van der Waals surface area contributed by atoms with Gasteiger partial charge in [0.15, 0.2) is 11.6 Å². The van der Waals surface area contributed by atoms with E-state index in [0.717, 1.165) is 33.7 Å². The highest BCUT2D eigenvalue weighted by Crippen LogP contribution is 2.51. The number of rotatable bonds is 3. The fraction of sp³-hybridized carbons (Fsp3) is 0. The third-order valence-electron chi connectivity index (χ3n) is 8.76. The molecule has 0 radical (unpaired) electrons. The van der Waals surface area contributed by atoms with E-state index in [0.29, 0.717) is 17.6 Å². The summed E-state index contributed by atoms with van der Waals surface area (Å²) in [5.74, 6) is 1.87. The van der Waals surface area contributed by atoms with Gasteiger partial charge in [-0.3, -0.25) is 4.90 Å². The summed E-state index contributed by atoms with van der Waals surface area (Å²) in [6.07, 6.45) is 0. The summed E-state index contributed by atoms with van der Waals surface area (Å²) in [7, 11) is 0. The maximum atomic E-state index is 5.14. The molecule has 9 aromatic rings. The van der Waals surface area contributed by atoms with Gasteiger partial charge in [0.05, 0.1) is 28.1 Å². The standard InChI is InChI=1S/C39H23N5S/c1-3-12-24(13-4-1)37-40-38(25-14-5-2-6-15-25)42-39(41-37)44-29-19-9-8-18-28(29)43-30-22-23-33-35(26-16-7-10-21-32(26)45-33)34(30)27-17-11-20-31(44)36(27)43/h1-23H. The summed E-state index contributed by atoms with van der Waals surface area (Å²) in [5.41, 5.74) is 7.40. The third kappa shape index (κ3) is 3.51. The highest BCUT2D eigenvalue weighted by Gasteiger charge is 2.31. The van der Waals surface area contributed by atoms with Crippen molar-refractivity contribution in [3.05, 3.63) is 140 Å². The predicted molar refractivity (Wildman–Crippen MR) is 186 cm³/mol. The Morgan fingerprint density at radius 2 is 1.07 bits per heavy atom. The normalized spacial score (nSPS) is 12.4. The molecule has 0 fully saturated rings. The van der Waals surface area contributed by atoms with Crippen LogP contribution in [0.15, 0.2) is 140 Å². The van der Waals surface area contributed by atoms with Crippen molar-refractivity contribution in [2.45, 2.75) is 0 Å². The summed E-state index contributed by atoms with van der Waals surface area (Å²) < 4.78 is 5.03. The van der Waals surface area contributed by atoms with Crippen LogP contribution in [-0.4, -0.2) is 19.5 Å². The smallest absolute Gasteiger partial charge is 0.238 e. The Labute approximate surface area is 262 Å². The highest BCUT2D eigenvalue weighted by molar-refractivity contribution is 7.26. The van der Waals surface area contributed by atoms with E-state index in [4.69, 9.17) is 15.0 Å². The van der Waals surface area contributed by atoms with Gasteiger partial charge >= 0.3 is 0 Å². The molecule has 3 aromatic heterocycles. The second-order valence-electron chi connectivity index (χ2n) is 11.3. The summed E-state index contributed by atoms with van der Waals surface area (Å²) >= 11 is 1.86. The Kier molecular flexibility index (Phi) is 5.09. The monoisotopic (exact) mass is 593 g/mol. The Morgan fingerprint density at radius 3 is 1.82 bits per heavy atom. The predicted octanol–water partition coefficient (Wildman–Crippen LogP) is 10.5. The van der Waals surface area contributed by atoms with E-state index < -0.39 is 0 Å².